The van der Waals surface area contributed by atoms with Crippen LogP contribution in [0, 0.1) is 0 Å². The van der Waals surface area contributed by atoms with Gasteiger partial charge in [-0.3, -0.25) is 14.5 Å². The average Bonchev–Trinajstić information content (AvgIpc) is 2.91. The second-order valence-corrected chi connectivity index (χ2v) is 7.22. The Morgan fingerprint density at radius 1 is 1.30 bits per heavy atom. The second-order valence-electron chi connectivity index (χ2n) is 5.42. The number of carbonyl (C=O) groups is 2. The highest BCUT2D eigenvalue weighted by atomic mass is 35.5. The van der Waals surface area contributed by atoms with Crippen molar-refractivity contribution < 1.29 is 9.59 Å². The van der Waals surface area contributed by atoms with Gasteiger partial charge in [-0.2, -0.15) is 0 Å². The summed E-state index contributed by atoms with van der Waals surface area (Å²) in [5.41, 5.74) is 1.21. The van der Waals surface area contributed by atoms with Gasteiger partial charge < -0.3 is 5.32 Å². The van der Waals surface area contributed by atoms with E-state index in [0.717, 1.165) is 9.21 Å². The van der Waals surface area contributed by atoms with Crippen molar-refractivity contribution in [3.8, 4) is 0 Å². The Morgan fingerprint density at radius 2 is 2.04 bits per heavy atom. The average molecular weight is 351 g/mol. The minimum Gasteiger partial charge on any atom is -0.325 e. The van der Waals surface area contributed by atoms with Crippen molar-refractivity contribution in [3.63, 3.8) is 0 Å². The van der Waals surface area contributed by atoms with Crippen LogP contribution in [0.25, 0.3) is 0 Å². The van der Waals surface area contributed by atoms with E-state index in [-0.39, 0.29) is 17.7 Å². The van der Waals surface area contributed by atoms with Crippen LogP contribution in [0.5, 0.6) is 0 Å². The molecule has 0 aliphatic rings. The monoisotopic (exact) mass is 350 g/mol. The summed E-state index contributed by atoms with van der Waals surface area (Å²) in [5, 5.41) is 2.85. The summed E-state index contributed by atoms with van der Waals surface area (Å²) >= 11 is 7.44. The van der Waals surface area contributed by atoms with Crippen molar-refractivity contribution in [2.75, 3.05) is 12.4 Å². The van der Waals surface area contributed by atoms with Crippen molar-refractivity contribution in [2.24, 2.45) is 0 Å². The molecule has 0 fully saturated rings. The smallest absolute Gasteiger partial charge is 0.241 e. The molecule has 1 atom stereocenters. The largest absolute Gasteiger partial charge is 0.325 e. The fourth-order valence-corrected chi connectivity index (χ4v) is 3.23. The predicted octanol–water partition coefficient (Wildman–Crippen LogP) is 4.06. The first-order chi connectivity index (χ1) is 10.9. The molecule has 0 bridgehead atoms. The Labute approximate surface area is 145 Å². The molecule has 0 spiro atoms. The number of hydrogen-bond donors (Lipinski definition) is 1. The highest BCUT2D eigenvalue weighted by molar-refractivity contribution is 7.16. The molecule has 0 unspecified atom stereocenters. The van der Waals surface area contributed by atoms with E-state index in [0.29, 0.717) is 17.8 Å². The number of nitrogens with one attached hydrogen (secondary N) is 1. The summed E-state index contributed by atoms with van der Waals surface area (Å²) in [5.74, 6) is -0.142. The molecule has 2 rings (SSSR count). The molecule has 0 radical (unpaired) electrons. The number of benzene rings is 1. The third-order valence-electron chi connectivity index (χ3n) is 3.61. The molecule has 23 heavy (non-hydrogen) atoms. The van der Waals surface area contributed by atoms with Crippen LogP contribution >= 0.6 is 22.9 Å². The number of rotatable bonds is 6. The standard InChI is InChI=1S/C17H19ClN2O2S/c1-11(20(3)10-15-7-8-16(18)23-15)17(22)19-14-6-4-5-13(9-14)12(2)21/h4-9,11H,10H2,1-3H3,(H,19,22)/t11-/m0/s1. The van der Waals surface area contributed by atoms with Crippen LogP contribution in [-0.4, -0.2) is 29.7 Å². The van der Waals surface area contributed by atoms with E-state index in [9.17, 15) is 9.59 Å². The Morgan fingerprint density at radius 3 is 2.65 bits per heavy atom. The molecule has 0 aliphatic carbocycles. The molecule has 1 heterocycles. The molecular weight excluding hydrogens is 332 g/mol. The summed E-state index contributed by atoms with van der Waals surface area (Å²) in [6, 6.07) is 10.5. The van der Waals surface area contributed by atoms with E-state index in [1.54, 1.807) is 24.3 Å². The molecule has 1 aromatic carbocycles. The quantitative estimate of drug-likeness (QED) is 0.799. The van der Waals surface area contributed by atoms with Crippen LogP contribution in [0.4, 0.5) is 5.69 Å². The first-order valence-electron chi connectivity index (χ1n) is 7.23. The topological polar surface area (TPSA) is 49.4 Å². The number of amides is 1. The van der Waals surface area contributed by atoms with E-state index in [1.807, 2.05) is 31.0 Å². The highest BCUT2D eigenvalue weighted by Crippen LogP contribution is 2.23. The minimum absolute atomic E-state index is 0.0270. The zero-order valence-corrected chi connectivity index (χ0v) is 14.9. The Kier molecular flexibility index (Phi) is 5.93. The van der Waals surface area contributed by atoms with Crippen molar-refractivity contribution in [3.05, 3.63) is 51.2 Å². The first-order valence-corrected chi connectivity index (χ1v) is 8.42. The van der Waals surface area contributed by atoms with Crippen LogP contribution in [0.3, 0.4) is 0 Å². The first kappa shape index (κ1) is 17.7. The lowest BCUT2D eigenvalue weighted by Crippen LogP contribution is -2.39. The zero-order chi connectivity index (χ0) is 17.0. The van der Waals surface area contributed by atoms with E-state index < -0.39 is 0 Å². The maximum atomic E-state index is 12.4. The van der Waals surface area contributed by atoms with Gasteiger partial charge in [-0.1, -0.05) is 23.7 Å². The number of ketones is 1. The molecule has 1 N–H and O–H groups in total. The fraction of sp³-hybridized carbons (Fsp3) is 0.294. The Balaban J connectivity index is 1.99. The lowest BCUT2D eigenvalue weighted by atomic mass is 10.1. The van der Waals surface area contributed by atoms with E-state index in [4.69, 9.17) is 11.6 Å². The van der Waals surface area contributed by atoms with Gasteiger partial charge in [0.15, 0.2) is 5.78 Å². The summed E-state index contributed by atoms with van der Waals surface area (Å²) in [6.07, 6.45) is 0. The SMILES string of the molecule is CC(=O)c1cccc(NC(=O)[C@H](C)N(C)Cc2ccc(Cl)s2)c1. The fourth-order valence-electron chi connectivity index (χ4n) is 2.08. The van der Waals surface area contributed by atoms with Crippen molar-refractivity contribution in [1.29, 1.82) is 0 Å². The van der Waals surface area contributed by atoms with Gasteiger partial charge >= 0.3 is 0 Å². The van der Waals surface area contributed by atoms with Crippen molar-refractivity contribution in [1.82, 2.24) is 4.90 Å². The molecule has 1 aromatic heterocycles. The normalized spacial score (nSPS) is 12.2. The third-order valence-corrected chi connectivity index (χ3v) is 4.83. The molecular formula is C17H19ClN2O2S. The number of Topliss-reactive ketones (excluding diaryl/α,β-unsaturated/α-hetero) is 1. The molecule has 0 saturated heterocycles. The van der Waals surface area contributed by atoms with Crippen molar-refractivity contribution in [2.45, 2.75) is 26.4 Å². The maximum Gasteiger partial charge on any atom is 0.241 e. The predicted molar refractivity (Wildman–Crippen MR) is 95.3 cm³/mol. The molecule has 122 valence electrons. The maximum absolute atomic E-state index is 12.4. The van der Waals surface area contributed by atoms with Crippen LogP contribution in [0.15, 0.2) is 36.4 Å². The number of nitrogens with zero attached hydrogens (tertiary/aromatic N) is 1. The number of anilines is 1. The van der Waals surface area contributed by atoms with Crippen LogP contribution in [0.2, 0.25) is 4.34 Å². The summed E-state index contributed by atoms with van der Waals surface area (Å²) in [7, 11) is 1.89. The number of hydrogen-bond acceptors (Lipinski definition) is 4. The number of thiophene rings is 1. The Hall–Kier alpha value is -1.69. The van der Waals surface area contributed by atoms with Gasteiger partial charge in [0.1, 0.15) is 0 Å². The van der Waals surface area contributed by atoms with Gasteiger partial charge in [0.2, 0.25) is 5.91 Å². The lowest BCUT2D eigenvalue weighted by Gasteiger charge is -2.23. The van der Waals surface area contributed by atoms with Gasteiger partial charge in [-0.25, -0.2) is 0 Å². The molecule has 0 saturated carbocycles. The van der Waals surface area contributed by atoms with Crippen molar-refractivity contribution >= 4 is 40.3 Å². The lowest BCUT2D eigenvalue weighted by molar-refractivity contribution is -0.120. The second kappa shape index (κ2) is 7.73. The summed E-state index contributed by atoms with van der Waals surface area (Å²) in [4.78, 5) is 26.8. The van der Waals surface area contributed by atoms with Gasteiger partial charge in [0, 0.05) is 22.7 Å². The van der Waals surface area contributed by atoms with Gasteiger partial charge in [-0.15, -0.1) is 11.3 Å². The Bertz CT molecular complexity index is 714. The zero-order valence-electron chi connectivity index (χ0n) is 13.3. The number of halogens is 1. The van der Waals surface area contributed by atoms with E-state index in [1.165, 1.54) is 18.3 Å². The van der Waals surface area contributed by atoms with E-state index >= 15 is 0 Å². The summed E-state index contributed by atoms with van der Waals surface area (Å²) < 4.78 is 0.742. The van der Waals surface area contributed by atoms with Crippen LogP contribution < -0.4 is 5.32 Å². The van der Waals surface area contributed by atoms with Crippen LogP contribution in [0.1, 0.15) is 29.1 Å². The molecule has 2 aromatic rings. The van der Waals surface area contributed by atoms with Gasteiger partial charge in [0.05, 0.1) is 10.4 Å². The summed E-state index contributed by atoms with van der Waals surface area (Å²) in [6.45, 7) is 4.00. The number of likely N-dealkylation sites (N-methyl/N-ethyl adjacent to an activating group) is 1. The van der Waals surface area contributed by atoms with Crippen LogP contribution in [-0.2, 0) is 11.3 Å². The van der Waals surface area contributed by atoms with Gasteiger partial charge in [0.25, 0.3) is 0 Å². The number of carbonyl (C=O) groups excluding carboxylic acids is 2. The molecule has 1 amide bonds. The molecule has 4 nitrogen and oxygen atoms in total. The van der Waals surface area contributed by atoms with E-state index in [2.05, 4.69) is 5.32 Å². The third kappa shape index (κ3) is 4.89. The molecule has 0 aliphatic heterocycles. The highest BCUT2D eigenvalue weighted by Gasteiger charge is 2.19. The molecule has 6 heteroatoms. The van der Waals surface area contributed by atoms with Gasteiger partial charge in [-0.05, 0) is 45.2 Å². The minimum atomic E-state index is -0.308.